The highest BCUT2D eigenvalue weighted by Gasteiger charge is 2.23. The van der Waals surface area contributed by atoms with Crippen LogP contribution in [0.15, 0.2) is 83.3 Å². The first-order valence-electron chi connectivity index (χ1n) is 12.7. The molecule has 0 radical (unpaired) electrons. The van der Waals surface area contributed by atoms with E-state index in [0.29, 0.717) is 18.1 Å². The molecule has 1 heterocycles. The van der Waals surface area contributed by atoms with E-state index in [9.17, 15) is 9.59 Å². The number of ether oxygens (including phenoxy) is 1. The van der Waals surface area contributed by atoms with Crippen molar-refractivity contribution >= 4 is 39.4 Å². The van der Waals surface area contributed by atoms with Gasteiger partial charge in [0.15, 0.2) is 0 Å². The van der Waals surface area contributed by atoms with Crippen molar-refractivity contribution in [3.05, 3.63) is 89.0 Å². The molecule has 0 spiro atoms. The lowest BCUT2D eigenvalue weighted by atomic mass is 10.1. The van der Waals surface area contributed by atoms with Gasteiger partial charge in [-0.2, -0.15) is 5.10 Å². The van der Waals surface area contributed by atoms with Crippen LogP contribution in [0.1, 0.15) is 19.5 Å². The average Bonchev–Trinajstić information content (AvgIpc) is 3.25. The van der Waals surface area contributed by atoms with Gasteiger partial charge in [-0.3, -0.25) is 4.79 Å². The van der Waals surface area contributed by atoms with Crippen LogP contribution in [-0.4, -0.2) is 46.8 Å². The van der Waals surface area contributed by atoms with Crippen LogP contribution in [0.25, 0.3) is 16.8 Å². The Hall–Kier alpha value is -4.11. The minimum Gasteiger partial charge on any atom is -0.497 e. The van der Waals surface area contributed by atoms with Crippen molar-refractivity contribution in [2.75, 3.05) is 30.8 Å². The van der Waals surface area contributed by atoms with Crippen molar-refractivity contribution < 1.29 is 14.3 Å². The van der Waals surface area contributed by atoms with Gasteiger partial charge in [0.05, 0.1) is 18.5 Å². The normalized spacial score (nSPS) is 10.8. The van der Waals surface area contributed by atoms with Crippen molar-refractivity contribution in [1.29, 1.82) is 0 Å². The van der Waals surface area contributed by atoms with E-state index in [1.807, 2.05) is 87.5 Å². The Morgan fingerprint density at radius 3 is 2.26 bits per heavy atom. The third-order valence-electron chi connectivity index (χ3n) is 6.00. The fourth-order valence-electron chi connectivity index (χ4n) is 4.24. The molecule has 202 valence electrons. The molecule has 8 nitrogen and oxygen atoms in total. The molecule has 0 unspecified atom stereocenters. The number of carbonyl (C=O) groups excluding carboxylic acids is 2. The quantitative estimate of drug-likeness (QED) is 0.226. The lowest BCUT2D eigenvalue weighted by molar-refractivity contribution is -0.116. The van der Waals surface area contributed by atoms with Gasteiger partial charge in [0, 0.05) is 22.3 Å². The van der Waals surface area contributed by atoms with Gasteiger partial charge in [-0.15, -0.1) is 0 Å². The average molecular weight is 591 g/mol. The lowest BCUT2D eigenvalue weighted by Crippen LogP contribution is -2.42. The van der Waals surface area contributed by atoms with E-state index >= 15 is 0 Å². The maximum Gasteiger partial charge on any atom is 0.322 e. The van der Waals surface area contributed by atoms with Gasteiger partial charge in [0.25, 0.3) is 0 Å². The molecule has 0 saturated heterocycles. The number of rotatable bonds is 9. The topological polar surface area (TPSA) is 88.5 Å². The van der Waals surface area contributed by atoms with Crippen LogP contribution in [0.4, 0.5) is 16.3 Å². The Balaban J connectivity index is 1.63. The van der Waals surface area contributed by atoms with Gasteiger partial charge >= 0.3 is 6.03 Å². The van der Waals surface area contributed by atoms with Crippen LogP contribution in [0.3, 0.4) is 0 Å². The van der Waals surface area contributed by atoms with Crippen molar-refractivity contribution in [3.8, 4) is 22.6 Å². The zero-order chi connectivity index (χ0) is 27.9. The Kier molecular flexibility index (Phi) is 9.03. The molecular weight excluding hydrogens is 558 g/mol. The Labute approximate surface area is 237 Å². The molecule has 2 N–H and O–H groups in total. The number of nitrogens with one attached hydrogen (secondary N) is 2. The number of urea groups is 1. The molecule has 0 aliphatic rings. The second-order valence-electron chi connectivity index (χ2n) is 9.54. The molecule has 0 saturated carbocycles. The maximum absolute atomic E-state index is 13.5. The first-order valence-corrected chi connectivity index (χ1v) is 13.4. The van der Waals surface area contributed by atoms with Crippen LogP contribution >= 0.6 is 15.9 Å². The number of methoxy groups -OCH3 is 1. The zero-order valence-electron chi connectivity index (χ0n) is 22.4. The number of benzene rings is 3. The zero-order valence-corrected chi connectivity index (χ0v) is 24.0. The Bertz CT molecular complexity index is 1420. The van der Waals surface area contributed by atoms with Crippen LogP contribution < -0.4 is 15.4 Å². The molecule has 9 heteroatoms. The number of hydrogen-bond acceptors (Lipinski definition) is 4. The number of amides is 3. The van der Waals surface area contributed by atoms with Crippen molar-refractivity contribution in [2.45, 2.75) is 20.8 Å². The summed E-state index contributed by atoms with van der Waals surface area (Å²) in [6, 6.07) is 24.2. The van der Waals surface area contributed by atoms with Crippen LogP contribution in [0, 0.1) is 12.8 Å². The smallest absolute Gasteiger partial charge is 0.322 e. The minimum atomic E-state index is -0.343. The highest BCUT2D eigenvalue weighted by molar-refractivity contribution is 9.10. The molecular formula is C30H32BrN5O3. The number of halogens is 1. The number of carbonyl (C=O) groups is 2. The third kappa shape index (κ3) is 7.06. The van der Waals surface area contributed by atoms with Crippen LogP contribution in [-0.2, 0) is 4.79 Å². The Morgan fingerprint density at radius 2 is 1.64 bits per heavy atom. The summed E-state index contributed by atoms with van der Waals surface area (Å²) in [7, 11) is 1.61. The molecule has 39 heavy (non-hydrogen) atoms. The minimum absolute atomic E-state index is 0.123. The summed E-state index contributed by atoms with van der Waals surface area (Å²) in [5.74, 6) is 1.10. The molecule has 0 aliphatic carbocycles. The molecule has 0 aliphatic heterocycles. The number of anilines is 2. The van der Waals surface area contributed by atoms with E-state index in [4.69, 9.17) is 9.84 Å². The highest BCUT2D eigenvalue weighted by atomic mass is 79.9. The summed E-state index contributed by atoms with van der Waals surface area (Å²) in [6.07, 6.45) is 0. The van der Waals surface area contributed by atoms with Crippen molar-refractivity contribution in [2.24, 2.45) is 5.92 Å². The van der Waals surface area contributed by atoms with Gasteiger partial charge < -0.3 is 20.3 Å². The van der Waals surface area contributed by atoms with Crippen LogP contribution in [0.2, 0.25) is 0 Å². The van der Waals surface area contributed by atoms with Crippen molar-refractivity contribution in [1.82, 2.24) is 14.7 Å². The predicted molar refractivity (Wildman–Crippen MR) is 158 cm³/mol. The summed E-state index contributed by atoms with van der Waals surface area (Å²) in [6.45, 7) is 6.22. The van der Waals surface area contributed by atoms with Gasteiger partial charge in [-0.25, -0.2) is 9.48 Å². The third-order valence-corrected chi connectivity index (χ3v) is 6.53. The summed E-state index contributed by atoms with van der Waals surface area (Å²) >= 11 is 3.40. The molecule has 4 aromatic rings. The predicted octanol–water partition coefficient (Wildman–Crippen LogP) is 6.75. The molecule has 3 amide bonds. The fourth-order valence-corrected chi connectivity index (χ4v) is 4.51. The van der Waals surface area contributed by atoms with Crippen molar-refractivity contribution in [3.63, 3.8) is 0 Å². The molecule has 1 aromatic heterocycles. The maximum atomic E-state index is 13.5. The number of aryl methyl sites for hydroxylation is 1. The summed E-state index contributed by atoms with van der Waals surface area (Å²) < 4.78 is 7.92. The molecule has 0 bridgehead atoms. The summed E-state index contributed by atoms with van der Waals surface area (Å²) in [4.78, 5) is 28.2. The standard InChI is InChI=1S/C30H32BrN5O3/c1-20(2)18-35(30(38)32-24-12-10-23(31)11-13-24)19-27(37)33-29-28(22-8-6-5-7-9-22)21(3)34-36(29)25-14-16-26(39-4)17-15-25/h5-17,20H,18-19H2,1-4H3,(H,32,38)(H,33,37). The van der Waals surface area contributed by atoms with Gasteiger partial charge in [-0.05, 0) is 66.9 Å². The first-order chi connectivity index (χ1) is 18.7. The number of hydrogen-bond donors (Lipinski definition) is 2. The highest BCUT2D eigenvalue weighted by Crippen LogP contribution is 2.33. The second kappa shape index (κ2) is 12.6. The largest absolute Gasteiger partial charge is 0.497 e. The molecule has 0 fully saturated rings. The van der Waals surface area contributed by atoms with Gasteiger partial charge in [0.2, 0.25) is 5.91 Å². The first kappa shape index (κ1) is 27.9. The number of aromatic nitrogens is 2. The van der Waals surface area contributed by atoms with E-state index in [2.05, 4.69) is 26.6 Å². The SMILES string of the molecule is COc1ccc(-n2nc(C)c(-c3ccccc3)c2NC(=O)CN(CC(C)C)C(=O)Nc2ccc(Br)cc2)cc1. The van der Waals surface area contributed by atoms with E-state index in [-0.39, 0.29) is 24.4 Å². The summed E-state index contributed by atoms with van der Waals surface area (Å²) in [5.41, 5.74) is 3.92. The molecule has 0 atom stereocenters. The van der Waals surface area contributed by atoms with E-state index in [1.54, 1.807) is 23.9 Å². The Morgan fingerprint density at radius 1 is 0.974 bits per heavy atom. The van der Waals surface area contributed by atoms with E-state index in [0.717, 1.165) is 32.7 Å². The molecule has 3 aromatic carbocycles. The lowest BCUT2D eigenvalue weighted by Gasteiger charge is -2.24. The second-order valence-corrected chi connectivity index (χ2v) is 10.5. The summed E-state index contributed by atoms with van der Waals surface area (Å²) in [5, 5.41) is 10.7. The van der Waals surface area contributed by atoms with E-state index < -0.39 is 0 Å². The molecule has 4 rings (SSSR count). The van der Waals surface area contributed by atoms with Gasteiger partial charge in [0.1, 0.15) is 18.1 Å². The monoisotopic (exact) mass is 589 g/mol. The van der Waals surface area contributed by atoms with E-state index in [1.165, 1.54) is 4.90 Å². The van der Waals surface area contributed by atoms with Gasteiger partial charge in [-0.1, -0.05) is 60.1 Å². The van der Waals surface area contributed by atoms with Crippen LogP contribution in [0.5, 0.6) is 5.75 Å². The fraction of sp³-hybridized carbons (Fsp3) is 0.233. The number of nitrogens with zero attached hydrogens (tertiary/aromatic N) is 3.